The molecule has 0 aliphatic heterocycles. The lowest BCUT2D eigenvalue weighted by Gasteiger charge is -2.09. The Morgan fingerprint density at radius 2 is 1.86 bits per heavy atom. The number of hydrogen-bond donors (Lipinski definition) is 1. The minimum absolute atomic E-state index is 0.440. The lowest BCUT2D eigenvalue weighted by molar-refractivity contribution is 0.311. The van der Waals surface area contributed by atoms with Gasteiger partial charge < -0.3 is 10.1 Å². The van der Waals surface area contributed by atoms with Gasteiger partial charge in [-0.1, -0.05) is 24.3 Å². The Balaban J connectivity index is 1.42. The van der Waals surface area contributed by atoms with Crippen LogP contribution < -0.4 is 10.1 Å². The van der Waals surface area contributed by atoms with Crippen LogP contribution >= 0.6 is 11.3 Å². The molecule has 0 radical (unpaired) electrons. The van der Waals surface area contributed by atoms with E-state index in [1.54, 1.807) is 17.5 Å². The summed E-state index contributed by atoms with van der Waals surface area (Å²) < 4.78 is 7.15. The summed E-state index contributed by atoms with van der Waals surface area (Å²) in [5.74, 6) is 1.40. The number of rotatable bonds is 5. The first-order valence-electron chi connectivity index (χ1n) is 8.88. The van der Waals surface area contributed by atoms with Crippen LogP contribution in [-0.4, -0.2) is 15.0 Å². The molecule has 0 saturated carbocycles. The summed E-state index contributed by atoms with van der Waals surface area (Å²) in [5, 5.41) is 6.33. The van der Waals surface area contributed by atoms with Crippen molar-refractivity contribution in [3.8, 4) is 5.75 Å². The van der Waals surface area contributed by atoms with Crippen molar-refractivity contribution >= 4 is 44.1 Å². The van der Waals surface area contributed by atoms with Gasteiger partial charge in [0.25, 0.3) is 0 Å². The van der Waals surface area contributed by atoms with Crippen molar-refractivity contribution in [3.05, 3.63) is 84.0 Å². The Morgan fingerprint density at radius 3 is 2.79 bits per heavy atom. The third-order valence-electron chi connectivity index (χ3n) is 4.41. The zero-order chi connectivity index (χ0) is 18.8. The summed E-state index contributed by atoms with van der Waals surface area (Å²) in [7, 11) is 0. The van der Waals surface area contributed by atoms with Gasteiger partial charge in [0, 0.05) is 28.2 Å². The second kappa shape index (κ2) is 7.25. The van der Waals surface area contributed by atoms with Crippen LogP contribution in [0.15, 0.2) is 78.4 Å². The highest BCUT2D eigenvalue weighted by molar-refractivity contribution is 7.17. The molecule has 136 valence electrons. The van der Waals surface area contributed by atoms with E-state index in [0.717, 1.165) is 38.1 Å². The Labute approximate surface area is 165 Å². The number of fused-ring (bicyclic) bond motifs is 2. The smallest absolute Gasteiger partial charge is 0.227 e. The van der Waals surface area contributed by atoms with E-state index in [-0.39, 0.29) is 0 Å². The van der Waals surface area contributed by atoms with Crippen molar-refractivity contribution < 1.29 is 4.74 Å². The van der Waals surface area contributed by atoms with E-state index in [2.05, 4.69) is 20.7 Å². The maximum absolute atomic E-state index is 6.12. The first-order valence-corrected chi connectivity index (χ1v) is 9.76. The molecule has 0 unspecified atom stereocenters. The third-order valence-corrected chi connectivity index (χ3v) is 5.36. The fourth-order valence-electron chi connectivity index (χ4n) is 3.05. The zero-order valence-electron chi connectivity index (χ0n) is 14.9. The summed E-state index contributed by atoms with van der Waals surface area (Å²) in [5.41, 5.74) is 3.83. The maximum Gasteiger partial charge on any atom is 0.227 e. The third kappa shape index (κ3) is 3.25. The van der Waals surface area contributed by atoms with Crippen molar-refractivity contribution in [2.24, 2.45) is 0 Å². The van der Waals surface area contributed by atoms with Crippen molar-refractivity contribution in [1.29, 1.82) is 0 Å². The number of benzene rings is 2. The molecular formula is C22H16N4OS. The molecule has 6 heteroatoms. The summed E-state index contributed by atoms with van der Waals surface area (Å²) >= 11 is 1.62. The molecule has 0 atom stereocenters. The van der Waals surface area contributed by atoms with Crippen molar-refractivity contribution in [2.45, 2.75) is 6.61 Å². The van der Waals surface area contributed by atoms with Gasteiger partial charge in [-0.2, -0.15) is 0 Å². The lowest BCUT2D eigenvalue weighted by Crippen LogP contribution is -1.99. The van der Waals surface area contributed by atoms with Gasteiger partial charge in [-0.05, 0) is 36.4 Å². The van der Waals surface area contributed by atoms with E-state index in [9.17, 15) is 0 Å². The molecule has 0 bridgehead atoms. The molecule has 0 fully saturated rings. The summed E-state index contributed by atoms with van der Waals surface area (Å²) in [6.45, 7) is 0.440. The Hall–Kier alpha value is -3.51. The number of aromatic nitrogens is 3. The van der Waals surface area contributed by atoms with Crippen LogP contribution in [0, 0.1) is 0 Å². The van der Waals surface area contributed by atoms with Gasteiger partial charge in [0.05, 0.1) is 21.9 Å². The highest BCUT2D eigenvalue weighted by atomic mass is 32.1. The summed E-state index contributed by atoms with van der Waals surface area (Å²) in [6.07, 6.45) is 3.64. The van der Waals surface area contributed by atoms with Gasteiger partial charge in [0.2, 0.25) is 5.95 Å². The lowest BCUT2D eigenvalue weighted by atomic mass is 10.2. The minimum atomic E-state index is 0.440. The van der Waals surface area contributed by atoms with Gasteiger partial charge in [0.15, 0.2) is 0 Å². The molecule has 1 N–H and O–H groups in total. The molecule has 0 spiro atoms. The zero-order valence-corrected chi connectivity index (χ0v) is 15.7. The van der Waals surface area contributed by atoms with Crippen molar-refractivity contribution in [3.63, 3.8) is 0 Å². The molecule has 28 heavy (non-hydrogen) atoms. The van der Waals surface area contributed by atoms with E-state index < -0.39 is 0 Å². The predicted molar refractivity (Wildman–Crippen MR) is 113 cm³/mol. The monoisotopic (exact) mass is 384 g/mol. The summed E-state index contributed by atoms with van der Waals surface area (Å²) in [6, 6.07) is 19.8. The van der Waals surface area contributed by atoms with Crippen LogP contribution in [0.4, 0.5) is 11.6 Å². The van der Waals surface area contributed by atoms with Crippen LogP contribution in [-0.2, 0) is 6.61 Å². The normalized spacial score (nSPS) is 11.0. The number of nitrogens with zero attached hydrogens (tertiary/aromatic N) is 3. The Kier molecular flexibility index (Phi) is 4.31. The van der Waals surface area contributed by atoms with Gasteiger partial charge in [-0.3, -0.25) is 4.98 Å². The van der Waals surface area contributed by atoms with E-state index >= 15 is 0 Å². The molecule has 0 amide bonds. The highest BCUT2D eigenvalue weighted by Crippen LogP contribution is 2.29. The van der Waals surface area contributed by atoms with Gasteiger partial charge in [-0.15, -0.1) is 11.3 Å². The molecular weight excluding hydrogens is 368 g/mol. The summed E-state index contributed by atoms with van der Waals surface area (Å²) in [4.78, 5) is 13.5. The van der Waals surface area contributed by atoms with Gasteiger partial charge >= 0.3 is 0 Å². The average molecular weight is 384 g/mol. The molecule has 5 rings (SSSR count). The minimum Gasteiger partial charge on any atom is -0.488 e. The largest absolute Gasteiger partial charge is 0.488 e. The number of ether oxygens (including phenoxy) is 1. The fourth-order valence-corrected chi connectivity index (χ4v) is 3.90. The van der Waals surface area contributed by atoms with E-state index in [1.165, 1.54) is 0 Å². The van der Waals surface area contributed by atoms with E-state index in [4.69, 9.17) is 9.72 Å². The van der Waals surface area contributed by atoms with Crippen molar-refractivity contribution in [1.82, 2.24) is 15.0 Å². The molecule has 2 aromatic carbocycles. The number of para-hydroxylation sites is 1. The Bertz CT molecular complexity index is 1250. The first kappa shape index (κ1) is 16.6. The number of anilines is 2. The highest BCUT2D eigenvalue weighted by Gasteiger charge is 2.10. The standard InChI is InChI=1S/C22H16N4OS/c1-2-6-16(7-3-1)25-22-24-12-20-21(26-22)15(14-28-20)13-27-19-10-4-9-18-17(19)8-5-11-23-18/h1-12,14H,13H2,(H,24,25,26). The number of pyridine rings is 1. The second-order valence-electron chi connectivity index (χ2n) is 6.27. The van der Waals surface area contributed by atoms with Crippen LogP contribution in [0.5, 0.6) is 5.75 Å². The molecule has 0 aliphatic rings. The molecule has 5 nitrogen and oxygen atoms in total. The molecule has 3 heterocycles. The van der Waals surface area contributed by atoms with Crippen molar-refractivity contribution in [2.75, 3.05) is 5.32 Å². The van der Waals surface area contributed by atoms with Crippen LogP contribution in [0.3, 0.4) is 0 Å². The second-order valence-corrected chi connectivity index (χ2v) is 7.18. The maximum atomic E-state index is 6.12. The quantitative estimate of drug-likeness (QED) is 0.430. The molecule has 5 aromatic rings. The van der Waals surface area contributed by atoms with Crippen LogP contribution in [0.2, 0.25) is 0 Å². The predicted octanol–water partition coefficient (Wildman–Crippen LogP) is 5.56. The number of nitrogens with one attached hydrogen (secondary N) is 1. The fraction of sp³-hybridized carbons (Fsp3) is 0.0455. The van der Waals surface area contributed by atoms with Gasteiger partial charge in [-0.25, -0.2) is 9.97 Å². The number of hydrogen-bond acceptors (Lipinski definition) is 6. The molecule has 0 saturated heterocycles. The average Bonchev–Trinajstić information content (AvgIpc) is 3.15. The first-order chi connectivity index (χ1) is 13.9. The molecule has 0 aliphatic carbocycles. The molecule has 3 aromatic heterocycles. The Morgan fingerprint density at radius 1 is 0.929 bits per heavy atom. The van der Waals surface area contributed by atoms with Gasteiger partial charge in [0.1, 0.15) is 12.4 Å². The topological polar surface area (TPSA) is 59.9 Å². The van der Waals surface area contributed by atoms with E-state index in [0.29, 0.717) is 12.6 Å². The van der Waals surface area contributed by atoms with E-state index in [1.807, 2.05) is 66.9 Å². The van der Waals surface area contributed by atoms with Crippen LogP contribution in [0.25, 0.3) is 21.1 Å². The SMILES string of the molecule is c1ccc(Nc2ncc3scc(COc4cccc5ncccc45)c3n2)cc1. The number of thiophene rings is 1. The van der Waals surface area contributed by atoms with Crippen LogP contribution in [0.1, 0.15) is 5.56 Å².